The Kier molecular flexibility index (Phi) is 9.93. The number of hydrogen-bond donors (Lipinski definition) is 1. The lowest BCUT2D eigenvalue weighted by atomic mass is 9.93. The van der Waals surface area contributed by atoms with E-state index in [1.165, 1.54) is 6.07 Å². The van der Waals surface area contributed by atoms with Crippen molar-refractivity contribution < 1.29 is 4.39 Å². The third-order valence-electron chi connectivity index (χ3n) is 5.64. The van der Waals surface area contributed by atoms with Gasteiger partial charge in [0.25, 0.3) is 0 Å². The van der Waals surface area contributed by atoms with Crippen LogP contribution in [0.4, 0.5) is 4.39 Å². The molecule has 0 saturated heterocycles. The molecule has 2 rings (SSSR count). The minimum Gasteiger partial charge on any atom is -0.387 e. The van der Waals surface area contributed by atoms with Gasteiger partial charge in [0, 0.05) is 22.4 Å². The van der Waals surface area contributed by atoms with E-state index in [-0.39, 0.29) is 5.82 Å². The normalized spacial score (nSPS) is 13.1. The lowest BCUT2D eigenvalue weighted by Gasteiger charge is -2.17. The predicted molar refractivity (Wildman–Crippen MR) is 156 cm³/mol. The topological polar surface area (TPSA) is 38.4 Å². The van der Waals surface area contributed by atoms with Crippen molar-refractivity contribution in [1.29, 1.82) is 0 Å². The van der Waals surface area contributed by atoms with Gasteiger partial charge in [-0.05, 0) is 89.0 Å². The molecule has 0 aliphatic carbocycles. The van der Waals surface area contributed by atoms with Crippen molar-refractivity contribution in [3.05, 3.63) is 105 Å². The molecule has 2 aromatic rings. The average molecular weight is 509 g/mol. The van der Waals surface area contributed by atoms with E-state index in [1.807, 2.05) is 31.2 Å². The third kappa shape index (κ3) is 7.33. The van der Waals surface area contributed by atoms with Gasteiger partial charge in [-0.1, -0.05) is 81.2 Å². The molecule has 0 spiro atoms. The highest BCUT2D eigenvalue weighted by Gasteiger charge is 2.15. The standard InChI is InChI=1S/C30H34ClFN2S/c1-17(2)21(7)35-22(8)19(5)28(16-34-23(9)33)20(6)24-10-12-25(13-11-24)27-14-29(31)26(18(3)4)15-30(27)32/h10-17H,3,6-7H2,1-2,4-5,8-9H3,(H2,33,34)/b22-19-,28-16-. The summed E-state index contributed by atoms with van der Waals surface area (Å²) in [6, 6.07) is 10.7. The van der Waals surface area contributed by atoms with Gasteiger partial charge in [0.05, 0.1) is 5.84 Å². The Labute approximate surface area is 218 Å². The van der Waals surface area contributed by atoms with E-state index in [9.17, 15) is 4.39 Å². The van der Waals surface area contributed by atoms with Gasteiger partial charge in [0.1, 0.15) is 5.82 Å². The van der Waals surface area contributed by atoms with Gasteiger partial charge in [-0.2, -0.15) is 0 Å². The number of nitrogens with two attached hydrogens (primary N) is 1. The number of benzene rings is 2. The van der Waals surface area contributed by atoms with Crippen LogP contribution in [-0.4, -0.2) is 5.84 Å². The molecular formula is C30H34ClFN2S. The fourth-order valence-electron chi connectivity index (χ4n) is 3.25. The first-order chi connectivity index (χ1) is 16.3. The second-order valence-corrected chi connectivity index (χ2v) is 10.6. The molecule has 0 unspecified atom stereocenters. The molecular weight excluding hydrogens is 475 g/mol. The van der Waals surface area contributed by atoms with Crippen LogP contribution >= 0.6 is 23.4 Å². The molecule has 2 nitrogen and oxygen atoms in total. The van der Waals surface area contributed by atoms with Crippen molar-refractivity contribution >= 4 is 40.3 Å². The first-order valence-electron chi connectivity index (χ1n) is 11.3. The van der Waals surface area contributed by atoms with Crippen molar-refractivity contribution in [1.82, 2.24) is 0 Å². The second kappa shape index (κ2) is 12.2. The molecule has 0 amide bonds. The van der Waals surface area contributed by atoms with E-state index >= 15 is 0 Å². The lowest BCUT2D eigenvalue weighted by molar-refractivity contribution is 0.631. The molecule has 184 valence electrons. The molecule has 5 heteroatoms. The Morgan fingerprint density at radius 1 is 1.06 bits per heavy atom. The van der Waals surface area contributed by atoms with Crippen LogP contribution in [0.15, 0.2) is 88.3 Å². The number of halogens is 2. The van der Waals surface area contributed by atoms with E-state index in [0.717, 1.165) is 43.2 Å². The summed E-state index contributed by atoms with van der Waals surface area (Å²) in [5.41, 5.74) is 11.9. The summed E-state index contributed by atoms with van der Waals surface area (Å²) in [6.45, 7) is 24.3. The highest BCUT2D eigenvalue weighted by Crippen LogP contribution is 2.37. The molecule has 0 aliphatic heterocycles. The van der Waals surface area contributed by atoms with E-state index < -0.39 is 0 Å². The summed E-state index contributed by atoms with van der Waals surface area (Å²) in [6.07, 6.45) is 1.75. The van der Waals surface area contributed by atoms with Crippen LogP contribution in [0.5, 0.6) is 0 Å². The lowest BCUT2D eigenvalue weighted by Crippen LogP contribution is -2.04. The molecule has 0 saturated carbocycles. The summed E-state index contributed by atoms with van der Waals surface area (Å²) in [5.74, 6) is 0.485. The number of amidine groups is 1. The highest BCUT2D eigenvalue weighted by atomic mass is 35.5. The smallest absolute Gasteiger partial charge is 0.131 e. The molecule has 2 N–H and O–H groups in total. The largest absolute Gasteiger partial charge is 0.387 e. The molecule has 0 bridgehead atoms. The summed E-state index contributed by atoms with van der Waals surface area (Å²) in [4.78, 5) is 6.54. The van der Waals surface area contributed by atoms with Crippen LogP contribution in [-0.2, 0) is 0 Å². The van der Waals surface area contributed by atoms with Crippen molar-refractivity contribution in [2.24, 2.45) is 16.6 Å². The minimum absolute atomic E-state index is 0.343. The Bertz CT molecular complexity index is 1240. The number of thioether (sulfide) groups is 1. The number of rotatable bonds is 9. The van der Waals surface area contributed by atoms with E-state index in [2.05, 4.69) is 45.5 Å². The predicted octanol–water partition coefficient (Wildman–Crippen LogP) is 9.65. The molecule has 2 aromatic carbocycles. The fourth-order valence-corrected chi connectivity index (χ4v) is 4.47. The summed E-state index contributed by atoms with van der Waals surface area (Å²) in [5, 5.41) is 0.472. The Balaban J connectivity index is 2.47. The van der Waals surface area contributed by atoms with Crippen LogP contribution in [0.1, 0.15) is 52.7 Å². The zero-order valence-corrected chi connectivity index (χ0v) is 23.0. The number of hydrogen-bond acceptors (Lipinski definition) is 2. The van der Waals surface area contributed by atoms with Crippen LogP contribution in [0.3, 0.4) is 0 Å². The van der Waals surface area contributed by atoms with Gasteiger partial charge >= 0.3 is 0 Å². The average Bonchev–Trinajstić information content (AvgIpc) is 2.79. The quantitative estimate of drug-likeness (QED) is 0.208. The van der Waals surface area contributed by atoms with Crippen molar-refractivity contribution in [2.75, 3.05) is 0 Å². The molecule has 0 aliphatic rings. The zero-order chi connectivity index (χ0) is 26.4. The van der Waals surface area contributed by atoms with Gasteiger partial charge in [0.15, 0.2) is 0 Å². The summed E-state index contributed by atoms with van der Waals surface area (Å²) in [7, 11) is 0. The summed E-state index contributed by atoms with van der Waals surface area (Å²) < 4.78 is 14.8. The number of allylic oxidation sites excluding steroid dienone is 6. The molecule has 0 atom stereocenters. The van der Waals surface area contributed by atoms with Crippen LogP contribution in [0, 0.1) is 11.7 Å². The maximum Gasteiger partial charge on any atom is 0.131 e. The molecule has 0 radical (unpaired) electrons. The van der Waals surface area contributed by atoms with Crippen LogP contribution in [0.25, 0.3) is 22.3 Å². The van der Waals surface area contributed by atoms with E-state index in [0.29, 0.717) is 27.9 Å². The van der Waals surface area contributed by atoms with Gasteiger partial charge in [0.2, 0.25) is 0 Å². The SMILES string of the molecule is C=C(C(=C\N=C(C)N)/C(C)=C(/C)SC(=C)C(C)C)c1ccc(-c2cc(Cl)c(C(=C)C)cc2F)cc1. The van der Waals surface area contributed by atoms with Gasteiger partial charge < -0.3 is 5.73 Å². The molecule has 0 heterocycles. The van der Waals surface area contributed by atoms with Crippen molar-refractivity contribution in [3.8, 4) is 11.1 Å². The third-order valence-corrected chi connectivity index (χ3v) is 7.30. The van der Waals surface area contributed by atoms with Crippen LogP contribution < -0.4 is 5.73 Å². The first-order valence-corrected chi connectivity index (χ1v) is 12.5. The van der Waals surface area contributed by atoms with Crippen molar-refractivity contribution in [2.45, 2.75) is 41.5 Å². The fraction of sp³-hybridized carbons (Fsp3) is 0.233. The minimum atomic E-state index is -0.343. The van der Waals surface area contributed by atoms with Crippen LogP contribution in [0.2, 0.25) is 5.02 Å². The van der Waals surface area contributed by atoms with Gasteiger partial charge in [-0.25, -0.2) is 9.38 Å². The zero-order valence-electron chi connectivity index (χ0n) is 21.4. The molecule has 0 aromatic heterocycles. The van der Waals surface area contributed by atoms with Gasteiger partial charge in [-0.15, -0.1) is 0 Å². The number of nitrogens with zero attached hydrogens (tertiary/aromatic N) is 1. The number of aliphatic imine (C=N–C) groups is 1. The monoisotopic (exact) mass is 508 g/mol. The Hall–Kier alpha value is -2.82. The van der Waals surface area contributed by atoms with E-state index in [4.69, 9.17) is 17.3 Å². The maximum absolute atomic E-state index is 14.8. The molecule has 0 fully saturated rings. The van der Waals surface area contributed by atoms with Gasteiger partial charge in [-0.3, -0.25) is 0 Å². The van der Waals surface area contributed by atoms with Crippen molar-refractivity contribution in [3.63, 3.8) is 0 Å². The Morgan fingerprint density at radius 3 is 2.17 bits per heavy atom. The Morgan fingerprint density at radius 2 is 1.66 bits per heavy atom. The highest BCUT2D eigenvalue weighted by molar-refractivity contribution is 8.06. The second-order valence-electron chi connectivity index (χ2n) is 8.87. The summed E-state index contributed by atoms with van der Waals surface area (Å²) >= 11 is 8.02. The van der Waals surface area contributed by atoms with E-state index in [1.54, 1.807) is 37.9 Å². The maximum atomic E-state index is 14.8. The first kappa shape index (κ1) is 28.4. The molecule has 35 heavy (non-hydrogen) atoms.